The Morgan fingerprint density at radius 2 is 2.25 bits per heavy atom. The average molecular weight is 187 g/mol. The molecule has 1 amide bonds. The summed E-state index contributed by atoms with van der Waals surface area (Å²) in [6.07, 6.45) is 3.66. The van der Waals surface area contributed by atoms with Crippen molar-refractivity contribution in [2.24, 2.45) is 5.92 Å². The van der Waals surface area contributed by atoms with Gasteiger partial charge in [-0.05, 0) is 25.2 Å². The molecule has 70 valence electrons. The predicted octanol–water partition coefficient (Wildman–Crippen LogP) is 1.56. The Bertz CT molecular complexity index is 157. The average Bonchev–Trinajstić information content (AvgIpc) is 2.86. The normalized spacial score (nSPS) is 16.2. The molecule has 1 aliphatic rings. The van der Waals surface area contributed by atoms with E-state index in [2.05, 4.69) is 19.6 Å². The molecule has 0 radical (unpaired) electrons. The lowest BCUT2D eigenvalue weighted by Gasteiger charge is -2.20. The van der Waals surface area contributed by atoms with E-state index in [9.17, 15) is 4.79 Å². The maximum Gasteiger partial charge on any atom is 0.232 e. The van der Waals surface area contributed by atoms with Gasteiger partial charge in [-0.1, -0.05) is 6.92 Å². The predicted molar refractivity (Wildman–Crippen MR) is 53.4 cm³/mol. The van der Waals surface area contributed by atoms with Crippen molar-refractivity contribution in [2.75, 3.05) is 18.8 Å². The fourth-order valence-electron chi connectivity index (χ4n) is 1.30. The van der Waals surface area contributed by atoms with Gasteiger partial charge < -0.3 is 4.90 Å². The van der Waals surface area contributed by atoms with E-state index in [1.165, 1.54) is 12.8 Å². The number of carbonyl (C=O) groups excluding carboxylic acids is 1. The summed E-state index contributed by atoms with van der Waals surface area (Å²) in [6.45, 7) is 3.97. The largest absolute Gasteiger partial charge is 0.342 e. The summed E-state index contributed by atoms with van der Waals surface area (Å²) in [4.78, 5) is 13.3. The maximum absolute atomic E-state index is 11.3. The molecule has 1 aliphatic carbocycles. The van der Waals surface area contributed by atoms with E-state index in [1.807, 2.05) is 4.90 Å². The van der Waals surface area contributed by atoms with Gasteiger partial charge in [0.05, 0.1) is 5.75 Å². The van der Waals surface area contributed by atoms with Crippen molar-refractivity contribution in [2.45, 2.75) is 26.2 Å². The van der Waals surface area contributed by atoms with Crippen LogP contribution in [0.1, 0.15) is 26.2 Å². The Morgan fingerprint density at radius 3 is 2.67 bits per heavy atom. The summed E-state index contributed by atoms with van der Waals surface area (Å²) in [6, 6.07) is 0. The first kappa shape index (κ1) is 9.90. The zero-order valence-electron chi connectivity index (χ0n) is 7.62. The first-order valence-electron chi connectivity index (χ1n) is 4.66. The minimum Gasteiger partial charge on any atom is -0.342 e. The number of carbonyl (C=O) groups is 1. The Kier molecular flexibility index (Phi) is 3.92. The standard InChI is InChI=1S/C9H17NOS/c1-2-5-10(9(11)7-12)6-8-3-4-8/h8,12H,2-7H2,1H3. The van der Waals surface area contributed by atoms with Crippen molar-refractivity contribution in [1.29, 1.82) is 0 Å². The highest BCUT2D eigenvalue weighted by molar-refractivity contribution is 7.81. The molecule has 0 unspecified atom stereocenters. The third kappa shape index (κ3) is 3.05. The Hall–Kier alpha value is -0.180. The van der Waals surface area contributed by atoms with Gasteiger partial charge in [-0.2, -0.15) is 12.6 Å². The molecule has 0 aromatic carbocycles. The van der Waals surface area contributed by atoms with Crippen LogP contribution in [-0.2, 0) is 4.79 Å². The van der Waals surface area contributed by atoms with E-state index < -0.39 is 0 Å². The molecule has 0 aliphatic heterocycles. The van der Waals surface area contributed by atoms with E-state index in [0.29, 0.717) is 5.75 Å². The monoisotopic (exact) mass is 187 g/mol. The van der Waals surface area contributed by atoms with E-state index in [0.717, 1.165) is 25.4 Å². The van der Waals surface area contributed by atoms with Crippen LogP contribution in [0, 0.1) is 5.92 Å². The van der Waals surface area contributed by atoms with Gasteiger partial charge in [0.1, 0.15) is 0 Å². The van der Waals surface area contributed by atoms with Gasteiger partial charge in [-0.3, -0.25) is 4.79 Å². The number of rotatable bonds is 5. The lowest BCUT2D eigenvalue weighted by Crippen LogP contribution is -2.34. The second-order valence-corrected chi connectivity index (χ2v) is 3.76. The van der Waals surface area contributed by atoms with Gasteiger partial charge in [-0.15, -0.1) is 0 Å². The summed E-state index contributed by atoms with van der Waals surface area (Å²) in [5.74, 6) is 1.33. The minimum atomic E-state index is 0.187. The molecular weight excluding hydrogens is 170 g/mol. The van der Waals surface area contributed by atoms with Crippen molar-refractivity contribution in [3.63, 3.8) is 0 Å². The van der Waals surface area contributed by atoms with Crippen molar-refractivity contribution in [3.8, 4) is 0 Å². The molecule has 1 fully saturated rings. The minimum absolute atomic E-state index is 0.187. The smallest absolute Gasteiger partial charge is 0.232 e. The topological polar surface area (TPSA) is 20.3 Å². The molecule has 0 aromatic rings. The lowest BCUT2D eigenvalue weighted by atomic mass is 10.3. The number of hydrogen-bond acceptors (Lipinski definition) is 2. The first-order valence-corrected chi connectivity index (χ1v) is 5.29. The summed E-state index contributed by atoms with van der Waals surface area (Å²) >= 11 is 4.00. The van der Waals surface area contributed by atoms with E-state index in [4.69, 9.17) is 0 Å². The van der Waals surface area contributed by atoms with Crippen LogP contribution in [0.4, 0.5) is 0 Å². The second-order valence-electron chi connectivity index (χ2n) is 3.44. The summed E-state index contributed by atoms with van der Waals surface area (Å²) in [5.41, 5.74) is 0. The fraction of sp³-hybridized carbons (Fsp3) is 0.889. The van der Waals surface area contributed by atoms with Gasteiger partial charge in [0.15, 0.2) is 0 Å². The third-order valence-electron chi connectivity index (χ3n) is 2.16. The molecule has 0 bridgehead atoms. The molecule has 1 saturated carbocycles. The fourth-order valence-corrected chi connectivity index (χ4v) is 1.50. The van der Waals surface area contributed by atoms with Gasteiger partial charge in [0.25, 0.3) is 0 Å². The van der Waals surface area contributed by atoms with Gasteiger partial charge >= 0.3 is 0 Å². The number of thiol groups is 1. The molecule has 1 rings (SSSR count). The molecular formula is C9H17NOS. The van der Waals surface area contributed by atoms with Crippen LogP contribution in [0.2, 0.25) is 0 Å². The van der Waals surface area contributed by atoms with Gasteiger partial charge in [0.2, 0.25) is 5.91 Å². The quantitative estimate of drug-likeness (QED) is 0.648. The molecule has 0 N–H and O–H groups in total. The van der Waals surface area contributed by atoms with Crippen molar-refractivity contribution in [3.05, 3.63) is 0 Å². The number of nitrogens with zero attached hydrogens (tertiary/aromatic N) is 1. The highest BCUT2D eigenvalue weighted by atomic mass is 32.1. The highest BCUT2D eigenvalue weighted by Gasteiger charge is 2.25. The Morgan fingerprint density at radius 1 is 1.58 bits per heavy atom. The van der Waals surface area contributed by atoms with Crippen LogP contribution in [0.15, 0.2) is 0 Å². The number of amides is 1. The highest BCUT2D eigenvalue weighted by Crippen LogP contribution is 2.29. The SMILES string of the molecule is CCCN(CC1CC1)C(=O)CS. The molecule has 3 heteroatoms. The summed E-state index contributed by atoms with van der Waals surface area (Å²) < 4.78 is 0. The molecule has 0 aromatic heterocycles. The molecule has 0 heterocycles. The summed E-state index contributed by atoms with van der Waals surface area (Å²) in [7, 11) is 0. The van der Waals surface area contributed by atoms with Crippen molar-refractivity contribution >= 4 is 18.5 Å². The molecule has 0 atom stereocenters. The Labute approximate surface area is 79.7 Å². The van der Waals surface area contributed by atoms with Crippen molar-refractivity contribution < 1.29 is 4.79 Å². The van der Waals surface area contributed by atoms with Gasteiger partial charge in [-0.25, -0.2) is 0 Å². The summed E-state index contributed by atoms with van der Waals surface area (Å²) in [5, 5.41) is 0. The lowest BCUT2D eigenvalue weighted by molar-refractivity contribution is -0.128. The van der Waals surface area contributed by atoms with E-state index in [-0.39, 0.29) is 5.91 Å². The number of hydrogen-bond donors (Lipinski definition) is 1. The van der Waals surface area contributed by atoms with Crippen LogP contribution in [0.3, 0.4) is 0 Å². The second kappa shape index (κ2) is 4.75. The molecule has 0 saturated heterocycles. The Balaban J connectivity index is 2.30. The van der Waals surface area contributed by atoms with Crippen LogP contribution < -0.4 is 0 Å². The van der Waals surface area contributed by atoms with Crippen LogP contribution in [0.5, 0.6) is 0 Å². The molecule has 12 heavy (non-hydrogen) atoms. The third-order valence-corrected chi connectivity index (χ3v) is 2.43. The zero-order valence-corrected chi connectivity index (χ0v) is 8.52. The van der Waals surface area contributed by atoms with Crippen LogP contribution >= 0.6 is 12.6 Å². The zero-order chi connectivity index (χ0) is 8.97. The van der Waals surface area contributed by atoms with Gasteiger partial charge in [0, 0.05) is 13.1 Å². The maximum atomic E-state index is 11.3. The van der Waals surface area contributed by atoms with Crippen LogP contribution in [-0.4, -0.2) is 29.6 Å². The van der Waals surface area contributed by atoms with E-state index in [1.54, 1.807) is 0 Å². The van der Waals surface area contributed by atoms with Crippen LogP contribution in [0.25, 0.3) is 0 Å². The van der Waals surface area contributed by atoms with Crippen molar-refractivity contribution in [1.82, 2.24) is 4.90 Å². The van der Waals surface area contributed by atoms with E-state index >= 15 is 0 Å². The first-order chi connectivity index (χ1) is 5.77. The molecule has 0 spiro atoms. The molecule has 2 nitrogen and oxygen atoms in total.